The van der Waals surface area contributed by atoms with Gasteiger partial charge < -0.3 is 15.0 Å². The number of para-hydroxylation sites is 1. The number of methoxy groups -OCH3 is 1. The first kappa shape index (κ1) is 26.4. The van der Waals surface area contributed by atoms with Crippen molar-refractivity contribution >= 4 is 40.1 Å². The summed E-state index contributed by atoms with van der Waals surface area (Å²) in [5.74, 6) is -0.186. The zero-order chi connectivity index (χ0) is 26.6. The lowest BCUT2D eigenvalue weighted by molar-refractivity contribution is -0.119. The molecule has 0 bridgehead atoms. The van der Waals surface area contributed by atoms with Crippen LogP contribution in [0.15, 0.2) is 80.8 Å². The van der Waals surface area contributed by atoms with E-state index < -0.39 is 22.0 Å². The number of hydrogen-bond donors (Lipinski definition) is 1. The highest BCUT2D eigenvalue weighted by molar-refractivity contribution is 7.94. The molecular weight excluding hydrogens is 514 g/mol. The molecule has 2 aromatic carbocycles. The lowest BCUT2D eigenvalue weighted by atomic mass is 9.94. The number of nitrogens with one attached hydrogen (secondary N) is 1. The molecule has 2 unspecified atom stereocenters. The number of carbonyl (C=O) groups excluding carboxylic acids is 1. The van der Waals surface area contributed by atoms with E-state index in [1.807, 2.05) is 30.3 Å². The van der Waals surface area contributed by atoms with Gasteiger partial charge in [-0.3, -0.25) is 9.80 Å². The zero-order valence-corrected chi connectivity index (χ0v) is 22.3. The molecule has 4 rings (SSSR count). The average molecular weight is 542 g/mol. The molecule has 1 N–H and O–H groups in total. The summed E-state index contributed by atoms with van der Waals surface area (Å²) in [6, 6.07) is 14.2. The molecule has 11 heteroatoms. The minimum Gasteiger partial charge on any atom is -0.496 e. The van der Waals surface area contributed by atoms with Gasteiger partial charge in [0.25, 0.3) is 10.0 Å². The Bertz CT molecular complexity index is 1400. The van der Waals surface area contributed by atoms with Gasteiger partial charge in [0.15, 0.2) is 0 Å². The van der Waals surface area contributed by atoms with Gasteiger partial charge in [-0.05, 0) is 29.8 Å². The quantitative estimate of drug-likeness (QED) is 0.386. The third-order valence-corrected chi connectivity index (χ3v) is 7.62. The summed E-state index contributed by atoms with van der Waals surface area (Å²) in [5, 5.41) is 9.61. The van der Waals surface area contributed by atoms with Crippen LogP contribution in [0.25, 0.3) is 0 Å². The van der Waals surface area contributed by atoms with Gasteiger partial charge in [-0.2, -0.15) is 13.5 Å². The highest BCUT2D eigenvalue weighted by Gasteiger charge is 2.40. The fourth-order valence-corrected chi connectivity index (χ4v) is 5.59. The molecule has 0 aromatic heterocycles. The first-order valence-corrected chi connectivity index (χ1v) is 13.4. The van der Waals surface area contributed by atoms with E-state index in [0.717, 1.165) is 5.56 Å². The van der Waals surface area contributed by atoms with Gasteiger partial charge in [0, 0.05) is 36.6 Å². The predicted molar refractivity (Wildman–Crippen MR) is 145 cm³/mol. The van der Waals surface area contributed by atoms with Crippen LogP contribution in [-0.4, -0.2) is 64.0 Å². The Kier molecular flexibility index (Phi) is 7.99. The number of hydrazone groups is 1. The number of hydrogen-bond acceptors (Lipinski definition) is 6. The number of sulfonamides is 1. The van der Waals surface area contributed by atoms with Crippen molar-refractivity contribution in [2.75, 3.05) is 21.2 Å². The van der Waals surface area contributed by atoms with Crippen LogP contribution in [-0.2, 0) is 27.8 Å². The number of allylic oxidation sites excluding steroid dienone is 1. The van der Waals surface area contributed by atoms with Gasteiger partial charge in [0.1, 0.15) is 12.1 Å². The Morgan fingerprint density at radius 2 is 1.89 bits per heavy atom. The van der Waals surface area contributed by atoms with Crippen LogP contribution >= 0.6 is 11.6 Å². The van der Waals surface area contributed by atoms with Gasteiger partial charge in [0.05, 0.1) is 36.9 Å². The number of fused-ring (bicyclic) bond motifs is 1. The van der Waals surface area contributed by atoms with Crippen molar-refractivity contribution in [3.63, 3.8) is 0 Å². The van der Waals surface area contributed by atoms with Crippen LogP contribution in [0.5, 0.6) is 5.75 Å². The number of nitrogens with zero attached hydrogens (tertiary/aromatic N) is 4. The lowest BCUT2D eigenvalue weighted by Crippen LogP contribution is -2.37. The fraction of sp³-hybridized carbons (Fsp3) is 0.269. The van der Waals surface area contributed by atoms with Crippen molar-refractivity contribution in [1.29, 1.82) is 0 Å². The molecule has 0 radical (unpaired) electrons. The topological polar surface area (TPSA) is 104 Å². The number of carbonyl (C=O) groups is 1. The Morgan fingerprint density at radius 1 is 1.19 bits per heavy atom. The third kappa shape index (κ3) is 6.20. The first-order chi connectivity index (χ1) is 17.7. The Morgan fingerprint density at radius 3 is 2.59 bits per heavy atom. The molecule has 2 atom stereocenters. The van der Waals surface area contributed by atoms with Gasteiger partial charge >= 0.3 is 0 Å². The van der Waals surface area contributed by atoms with E-state index in [1.54, 1.807) is 56.7 Å². The number of halogens is 1. The van der Waals surface area contributed by atoms with Crippen molar-refractivity contribution in [1.82, 2.24) is 15.2 Å². The molecule has 1 heterocycles. The minimum absolute atomic E-state index is 0.0429. The standard InChI is InChI=1S/C26H28ClN5O4S/c1-31(2)17-29-37(34,35)25-14-20(30-26(33)12-18-8-4-6-10-22(18)27)13-23-21(25)15-28-32(23)16-19-9-5-7-11-24(19)36-3/h4-11,13-15,17,21,23H,12,16H2,1-3H3,(H,30,33)/b29-17+. The second-order valence-corrected chi connectivity index (χ2v) is 10.9. The van der Waals surface area contributed by atoms with E-state index in [-0.39, 0.29) is 17.2 Å². The summed E-state index contributed by atoms with van der Waals surface area (Å²) >= 11 is 6.21. The van der Waals surface area contributed by atoms with Gasteiger partial charge in [-0.25, -0.2) is 0 Å². The van der Waals surface area contributed by atoms with Crippen LogP contribution in [0.4, 0.5) is 0 Å². The molecule has 0 spiro atoms. The number of amides is 1. The molecule has 37 heavy (non-hydrogen) atoms. The molecule has 9 nitrogen and oxygen atoms in total. The van der Waals surface area contributed by atoms with Crippen molar-refractivity contribution in [2.45, 2.75) is 19.0 Å². The molecule has 2 aliphatic rings. The van der Waals surface area contributed by atoms with Gasteiger partial charge in [0.2, 0.25) is 5.91 Å². The molecule has 2 aromatic rings. The Balaban J connectivity index is 1.64. The smallest absolute Gasteiger partial charge is 0.280 e. The molecule has 1 aliphatic carbocycles. The summed E-state index contributed by atoms with van der Waals surface area (Å²) in [6.45, 7) is 0.382. The summed E-state index contributed by atoms with van der Waals surface area (Å²) in [4.78, 5) is 14.5. The first-order valence-electron chi connectivity index (χ1n) is 11.5. The van der Waals surface area contributed by atoms with Gasteiger partial charge in [-0.15, -0.1) is 4.40 Å². The third-order valence-electron chi connectivity index (χ3n) is 5.90. The van der Waals surface area contributed by atoms with Crippen LogP contribution in [0.1, 0.15) is 11.1 Å². The predicted octanol–water partition coefficient (Wildman–Crippen LogP) is 3.19. The number of benzene rings is 2. The van der Waals surface area contributed by atoms with Gasteiger partial charge in [-0.1, -0.05) is 48.0 Å². The Labute approximate surface area is 221 Å². The summed E-state index contributed by atoms with van der Waals surface area (Å²) in [5.41, 5.74) is 1.92. The molecule has 0 fully saturated rings. The van der Waals surface area contributed by atoms with Crippen LogP contribution in [0.3, 0.4) is 0 Å². The van der Waals surface area contributed by atoms with Crippen molar-refractivity contribution in [3.05, 3.63) is 87.4 Å². The molecule has 194 valence electrons. The van der Waals surface area contributed by atoms with Crippen molar-refractivity contribution < 1.29 is 17.9 Å². The van der Waals surface area contributed by atoms with E-state index in [0.29, 0.717) is 28.6 Å². The highest BCUT2D eigenvalue weighted by Crippen LogP contribution is 2.36. The maximum absolute atomic E-state index is 13.2. The second kappa shape index (κ2) is 11.2. The zero-order valence-electron chi connectivity index (χ0n) is 20.7. The largest absolute Gasteiger partial charge is 0.496 e. The van der Waals surface area contributed by atoms with E-state index >= 15 is 0 Å². The highest BCUT2D eigenvalue weighted by atomic mass is 35.5. The van der Waals surface area contributed by atoms with E-state index in [1.165, 1.54) is 17.3 Å². The normalized spacial score (nSPS) is 18.9. The van der Waals surface area contributed by atoms with E-state index in [9.17, 15) is 13.2 Å². The minimum atomic E-state index is -4.04. The van der Waals surface area contributed by atoms with Crippen molar-refractivity contribution in [3.8, 4) is 5.75 Å². The second-order valence-electron chi connectivity index (χ2n) is 8.83. The van der Waals surface area contributed by atoms with E-state index in [4.69, 9.17) is 16.3 Å². The Hall–Kier alpha value is -3.63. The molecule has 1 amide bonds. The summed E-state index contributed by atoms with van der Waals surface area (Å²) in [6.07, 6.45) is 6.14. The fourth-order valence-electron chi connectivity index (χ4n) is 4.14. The van der Waals surface area contributed by atoms with E-state index in [2.05, 4.69) is 14.8 Å². The van der Waals surface area contributed by atoms with Crippen LogP contribution in [0.2, 0.25) is 5.02 Å². The monoisotopic (exact) mass is 541 g/mol. The molecule has 0 saturated heterocycles. The number of ether oxygens (including phenoxy) is 1. The molecular formula is C26H28ClN5O4S. The number of rotatable bonds is 9. The average Bonchev–Trinajstić information content (AvgIpc) is 3.26. The molecule has 0 saturated carbocycles. The van der Waals surface area contributed by atoms with Crippen LogP contribution in [0, 0.1) is 5.92 Å². The van der Waals surface area contributed by atoms with Crippen molar-refractivity contribution in [2.24, 2.45) is 15.4 Å². The summed E-state index contributed by atoms with van der Waals surface area (Å²) in [7, 11) is 0.920. The summed E-state index contributed by atoms with van der Waals surface area (Å²) < 4.78 is 35.7. The maximum atomic E-state index is 13.2. The SMILES string of the molecule is COc1ccccc1CN1N=CC2C(S(=O)(=O)/N=C/N(C)C)=CC(NC(=O)Cc3ccccc3Cl)=CC21. The van der Waals surface area contributed by atoms with Crippen LogP contribution < -0.4 is 10.1 Å². The maximum Gasteiger partial charge on any atom is 0.280 e. The lowest BCUT2D eigenvalue weighted by Gasteiger charge is -2.30. The molecule has 1 aliphatic heterocycles.